The van der Waals surface area contributed by atoms with Crippen molar-refractivity contribution in [3.05, 3.63) is 35.4 Å². The molecule has 0 radical (unpaired) electrons. The lowest BCUT2D eigenvalue weighted by Crippen LogP contribution is -2.42. The number of nitrogens with zero attached hydrogens (tertiary/aromatic N) is 1. The molecule has 1 N–H and O–H groups in total. The lowest BCUT2D eigenvalue weighted by molar-refractivity contribution is -0.135. The Labute approximate surface area is 131 Å². The number of rotatable bonds is 4. The van der Waals surface area contributed by atoms with Crippen LogP contribution in [0.5, 0.6) is 0 Å². The van der Waals surface area contributed by atoms with Gasteiger partial charge in [0.25, 0.3) is 0 Å². The van der Waals surface area contributed by atoms with Gasteiger partial charge in [0.1, 0.15) is 0 Å². The molecule has 2 atom stereocenters. The van der Waals surface area contributed by atoms with Crippen molar-refractivity contribution in [1.82, 2.24) is 4.90 Å². The quantitative estimate of drug-likeness (QED) is 0.929. The van der Waals surface area contributed by atoms with Gasteiger partial charge in [0.2, 0.25) is 5.91 Å². The first-order valence-electron chi connectivity index (χ1n) is 7.61. The molecule has 2 unspecified atom stereocenters. The fourth-order valence-electron chi connectivity index (χ4n) is 2.50. The highest BCUT2D eigenvalue weighted by Crippen LogP contribution is 2.30. The van der Waals surface area contributed by atoms with Crippen molar-refractivity contribution in [2.45, 2.75) is 39.3 Å². The summed E-state index contributed by atoms with van der Waals surface area (Å²) in [6.45, 7) is 6.73. The molecule has 1 aliphatic heterocycles. The van der Waals surface area contributed by atoms with Crippen LogP contribution >= 0.6 is 11.8 Å². The number of amides is 1. The number of aliphatic hydroxyl groups is 1. The van der Waals surface area contributed by atoms with Gasteiger partial charge in [0, 0.05) is 18.1 Å². The van der Waals surface area contributed by atoms with E-state index in [9.17, 15) is 9.90 Å². The lowest BCUT2D eigenvalue weighted by Gasteiger charge is -2.36. The maximum Gasteiger partial charge on any atom is 0.225 e. The Morgan fingerprint density at radius 2 is 2.05 bits per heavy atom. The van der Waals surface area contributed by atoms with E-state index < -0.39 is 6.10 Å². The molecule has 1 aromatic carbocycles. The first-order valence-corrected chi connectivity index (χ1v) is 8.76. The normalized spacial score (nSPS) is 20.6. The molecular formula is C17H25NO2S. The number of benzene rings is 1. The third kappa shape index (κ3) is 4.24. The highest BCUT2D eigenvalue weighted by Gasteiger charge is 2.29. The third-order valence-electron chi connectivity index (χ3n) is 4.06. The van der Waals surface area contributed by atoms with Crippen LogP contribution in [0.2, 0.25) is 0 Å². The Balaban J connectivity index is 2.11. The number of aliphatic hydroxyl groups excluding tert-OH is 1. The van der Waals surface area contributed by atoms with Crippen LogP contribution in [0.3, 0.4) is 0 Å². The molecule has 3 nitrogen and oxygen atoms in total. The zero-order valence-corrected chi connectivity index (χ0v) is 13.9. The predicted molar refractivity (Wildman–Crippen MR) is 88.4 cm³/mol. The summed E-state index contributed by atoms with van der Waals surface area (Å²) in [6, 6.07) is 8.56. The van der Waals surface area contributed by atoms with Crippen molar-refractivity contribution < 1.29 is 9.90 Å². The van der Waals surface area contributed by atoms with Gasteiger partial charge < -0.3 is 10.0 Å². The van der Waals surface area contributed by atoms with Gasteiger partial charge in [-0.1, -0.05) is 43.7 Å². The molecule has 21 heavy (non-hydrogen) atoms. The molecule has 1 fully saturated rings. The first kappa shape index (κ1) is 16.4. The minimum Gasteiger partial charge on any atom is -0.392 e. The molecular weight excluding hydrogens is 282 g/mol. The predicted octanol–water partition coefficient (Wildman–Crippen LogP) is 3.02. The Morgan fingerprint density at radius 3 is 2.67 bits per heavy atom. The van der Waals surface area contributed by atoms with E-state index in [1.54, 1.807) is 0 Å². The number of carbonyl (C=O) groups excluding carboxylic acids is 1. The van der Waals surface area contributed by atoms with Gasteiger partial charge in [-0.25, -0.2) is 0 Å². The van der Waals surface area contributed by atoms with Gasteiger partial charge in [-0.05, 0) is 18.4 Å². The van der Waals surface area contributed by atoms with Crippen LogP contribution in [0, 0.1) is 12.8 Å². The van der Waals surface area contributed by atoms with Crippen molar-refractivity contribution in [2.24, 2.45) is 5.92 Å². The summed E-state index contributed by atoms with van der Waals surface area (Å²) in [6.07, 6.45) is -0.323. The molecule has 4 heteroatoms. The summed E-state index contributed by atoms with van der Waals surface area (Å²) in [7, 11) is 0. The van der Waals surface area contributed by atoms with E-state index in [2.05, 4.69) is 31.2 Å². The summed E-state index contributed by atoms with van der Waals surface area (Å²) in [5, 5.41) is 9.97. The number of hydrogen-bond donors (Lipinski definition) is 1. The maximum atomic E-state index is 12.5. The van der Waals surface area contributed by atoms with Crippen molar-refractivity contribution >= 4 is 17.7 Å². The fraction of sp³-hybridized carbons (Fsp3) is 0.588. The van der Waals surface area contributed by atoms with Crippen LogP contribution in [0.25, 0.3) is 0 Å². The number of hydrogen-bond acceptors (Lipinski definition) is 3. The smallest absolute Gasteiger partial charge is 0.225 e. The summed E-state index contributed by atoms with van der Waals surface area (Å²) < 4.78 is 0. The number of carbonyl (C=O) groups is 1. The van der Waals surface area contributed by atoms with Gasteiger partial charge in [-0.15, -0.1) is 0 Å². The topological polar surface area (TPSA) is 40.5 Å². The van der Waals surface area contributed by atoms with Crippen LogP contribution in [-0.4, -0.2) is 40.1 Å². The maximum absolute atomic E-state index is 12.5. The second-order valence-electron chi connectivity index (χ2n) is 6.10. The molecule has 1 amide bonds. The van der Waals surface area contributed by atoms with Gasteiger partial charge in [-0.3, -0.25) is 4.79 Å². The average Bonchev–Trinajstić information content (AvgIpc) is 2.48. The van der Waals surface area contributed by atoms with E-state index in [-0.39, 0.29) is 24.3 Å². The summed E-state index contributed by atoms with van der Waals surface area (Å²) >= 11 is 1.89. The van der Waals surface area contributed by atoms with Gasteiger partial charge in [0.05, 0.1) is 18.6 Å². The van der Waals surface area contributed by atoms with Gasteiger partial charge >= 0.3 is 0 Å². The van der Waals surface area contributed by atoms with Crippen LogP contribution < -0.4 is 0 Å². The minimum absolute atomic E-state index is 0.0714. The zero-order chi connectivity index (χ0) is 15.4. The molecule has 1 aromatic rings. The number of thioether (sulfide) groups is 1. The van der Waals surface area contributed by atoms with Crippen LogP contribution in [0.15, 0.2) is 24.3 Å². The van der Waals surface area contributed by atoms with E-state index in [0.717, 1.165) is 18.1 Å². The largest absolute Gasteiger partial charge is 0.392 e. The summed E-state index contributed by atoms with van der Waals surface area (Å²) in [4.78, 5) is 14.5. The molecule has 0 aliphatic carbocycles. The van der Waals surface area contributed by atoms with Crippen molar-refractivity contribution in [1.29, 1.82) is 0 Å². The molecule has 0 bridgehead atoms. The van der Waals surface area contributed by atoms with E-state index in [0.29, 0.717) is 0 Å². The fourth-order valence-corrected chi connectivity index (χ4v) is 3.59. The molecule has 1 heterocycles. The zero-order valence-electron chi connectivity index (χ0n) is 13.1. The molecule has 0 saturated carbocycles. The van der Waals surface area contributed by atoms with Crippen molar-refractivity contribution in [3.63, 3.8) is 0 Å². The lowest BCUT2D eigenvalue weighted by atomic mass is 10.0. The Kier molecular flexibility index (Phi) is 5.71. The molecule has 1 aliphatic rings. The highest BCUT2D eigenvalue weighted by atomic mass is 32.2. The molecule has 0 aromatic heterocycles. The average molecular weight is 307 g/mol. The molecule has 1 saturated heterocycles. The summed E-state index contributed by atoms with van der Waals surface area (Å²) in [5.41, 5.74) is 2.43. The Morgan fingerprint density at radius 1 is 1.38 bits per heavy atom. The minimum atomic E-state index is -0.550. The van der Waals surface area contributed by atoms with E-state index >= 15 is 0 Å². The van der Waals surface area contributed by atoms with Crippen LogP contribution in [0.1, 0.15) is 37.4 Å². The van der Waals surface area contributed by atoms with Gasteiger partial charge in [-0.2, -0.15) is 11.8 Å². The SMILES string of the molecule is Cc1ccc(C2CSCCN2C(=O)CC(O)C(C)C)cc1. The van der Waals surface area contributed by atoms with E-state index in [1.165, 1.54) is 11.1 Å². The Bertz CT molecular complexity index is 472. The Hall–Kier alpha value is -1.00. The van der Waals surface area contributed by atoms with E-state index in [4.69, 9.17) is 0 Å². The molecule has 116 valence electrons. The van der Waals surface area contributed by atoms with Crippen molar-refractivity contribution in [2.75, 3.05) is 18.1 Å². The van der Waals surface area contributed by atoms with Crippen LogP contribution in [0.4, 0.5) is 0 Å². The number of aryl methyl sites for hydroxylation is 1. The monoisotopic (exact) mass is 307 g/mol. The highest BCUT2D eigenvalue weighted by molar-refractivity contribution is 7.99. The summed E-state index contributed by atoms with van der Waals surface area (Å²) in [5.74, 6) is 2.10. The first-order chi connectivity index (χ1) is 9.99. The third-order valence-corrected chi connectivity index (χ3v) is 5.09. The standard InChI is InChI=1S/C17H25NO2S/c1-12(2)16(19)10-17(20)18-8-9-21-11-15(18)14-6-4-13(3)5-7-14/h4-7,12,15-16,19H,8-11H2,1-3H3. The van der Waals surface area contributed by atoms with Gasteiger partial charge in [0.15, 0.2) is 0 Å². The molecule has 2 rings (SSSR count). The van der Waals surface area contributed by atoms with E-state index in [1.807, 2.05) is 30.5 Å². The second-order valence-corrected chi connectivity index (χ2v) is 7.25. The van der Waals surface area contributed by atoms with Crippen LogP contribution in [-0.2, 0) is 4.79 Å². The second kappa shape index (κ2) is 7.32. The molecule has 0 spiro atoms. The van der Waals surface area contributed by atoms with Crippen molar-refractivity contribution in [3.8, 4) is 0 Å².